The number of amides is 1. The summed E-state index contributed by atoms with van der Waals surface area (Å²) < 4.78 is 51.0. The second-order valence-electron chi connectivity index (χ2n) is 7.07. The van der Waals surface area contributed by atoms with Crippen molar-refractivity contribution < 1.29 is 37.3 Å². The molecule has 0 unspecified atom stereocenters. The number of carboxylic acids is 1. The number of aliphatic carboxylic acids is 1. The highest BCUT2D eigenvalue weighted by Gasteiger charge is 2.31. The van der Waals surface area contributed by atoms with Crippen molar-refractivity contribution in [3.8, 4) is 11.5 Å². The van der Waals surface area contributed by atoms with Gasteiger partial charge in [0.05, 0.1) is 18.4 Å². The fourth-order valence-electron chi connectivity index (χ4n) is 3.10. The number of carbonyl (C=O) groups excluding carboxylic acids is 1. The van der Waals surface area contributed by atoms with E-state index in [-0.39, 0.29) is 17.1 Å². The topological polar surface area (TPSA) is 89.8 Å². The van der Waals surface area contributed by atoms with Gasteiger partial charge in [-0.15, -0.1) is 0 Å². The Morgan fingerprint density at radius 1 is 1.12 bits per heavy atom. The van der Waals surface area contributed by atoms with Crippen LogP contribution in [0.2, 0.25) is 0 Å². The molecule has 0 fully saturated rings. The minimum Gasteiger partial charge on any atom is -0.495 e. The molecule has 2 N–H and O–H groups in total. The zero-order chi connectivity index (χ0) is 24.7. The van der Waals surface area contributed by atoms with E-state index in [1.807, 2.05) is 0 Å². The van der Waals surface area contributed by atoms with Gasteiger partial charge in [0, 0.05) is 12.7 Å². The fraction of sp³-hybridized carbons (Fsp3) is 0.167. The van der Waals surface area contributed by atoms with Gasteiger partial charge in [0.2, 0.25) is 0 Å². The van der Waals surface area contributed by atoms with Crippen LogP contribution in [0.25, 0.3) is 6.08 Å². The van der Waals surface area contributed by atoms with Gasteiger partial charge in [0.25, 0.3) is 5.91 Å². The number of nitrogens with one attached hydrogen (secondary N) is 1. The third kappa shape index (κ3) is 6.41. The number of allylic oxidation sites excluding steroid dienone is 1. The molecule has 0 saturated carbocycles. The first-order chi connectivity index (χ1) is 16.2. The number of halogens is 3. The number of carboxylic acid groups (broad SMARTS) is 1. The average molecular weight is 474 g/mol. The number of hydrogen-bond acceptors (Lipinski definition) is 4. The third-order valence-electron chi connectivity index (χ3n) is 4.67. The summed E-state index contributed by atoms with van der Waals surface area (Å²) in [7, 11) is 1.30. The smallest absolute Gasteiger partial charge is 0.416 e. The Kier molecular flexibility index (Phi) is 7.62. The van der Waals surface area contributed by atoms with E-state index in [2.05, 4.69) is 5.32 Å². The van der Waals surface area contributed by atoms with E-state index in [1.54, 1.807) is 59.3 Å². The van der Waals surface area contributed by atoms with Crippen LogP contribution in [0.5, 0.6) is 11.5 Å². The molecule has 3 aromatic rings. The molecule has 0 aliphatic heterocycles. The van der Waals surface area contributed by atoms with Crippen molar-refractivity contribution in [2.24, 2.45) is 0 Å². The molecule has 0 saturated heterocycles. The first kappa shape index (κ1) is 24.4. The van der Waals surface area contributed by atoms with E-state index >= 15 is 0 Å². The molecule has 3 rings (SSSR count). The van der Waals surface area contributed by atoms with Crippen LogP contribution < -0.4 is 14.8 Å². The Hall–Kier alpha value is -4.21. The lowest BCUT2D eigenvalue weighted by atomic mass is 10.1. The van der Waals surface area contributed by atoms with Crippen molar-refractivity contribution in [2.75, 3.05) is 19.0 Å². The minimum atomic E-state index is -4.56. The zero-order valence-electron chi connectivity index (χ0n) is 18.0. The first-order valence-corrected chi connectivity index (χ1v) is 10.0. The fourth-order valence-corrected chi connectivity index (χ4v) is 3.10. The Balaban J connectivity index is 1.71. The van der Waals surface area contributed by atoms with Crippen molar-refractivity contribution in [1.29, 1.82) is 0 Å². The van der Waals surface area contributed by atoms with Gasteiger partial charge in [-0.05, 0) is 48.0 Å². The Labute approximate surface area is 193 Å². The van der Waals surface area contributed by atoms with E-state index in [4.69, 9.17) is 14.6 Å². The van der Waals surface area contributed by atoms with Crippen molar-refractivity contribution in [3.63, 3.8) is 0 Å². The number of aromatic nitrogens is 1. The summed E-state index contributed by atoms with van der Waals surface area (Å²) in [4.78, 5) is 23.4. The molecule has 1 amide bonds. The van der Waals surface area contributed by atoms with E-state index in [9.17, 15) is 22.8 Å². The van der Waals surface area contributed by atoms with Crippen LogP contribution in [0.4, 0.5) is 18.9 Å². The summed E-state index contributed by atoms with van der Waals surface area (Å²) in [5.41, 5.74) is -0.00215. The lowest BCUT2D eigenvalue weighted by Crippen LogP contribution is -2.17. The van der Waals surface area contributed by atoms with Crippen molar-refractivity contribution >= 4 is 23.6 Å². The Bertz CT molecular complexity index is 1200. The number of methoxy groups -OCH3 is 1. The van der Waals surface area contributed by atoms with Gasteiger partial charge in [-0.25, -0.2) is 4.79 Å². The van der Waals surface area contributed by atoms with Gasteiger partial charge >= 0.3 is 12.1 Å². The summed E-state index contributed by atoms with van der Waals surface area (Å²) in [5, 5.41) is 11.2. The summed E-state index contributed by atoms with van der Waals surface area (Å²) in [6, 6.07) is 12.9. The second kappa shape index (κ2) is 10.6. The predicted molar refractivity (Wildman–Crippen MR) is 119 cm³/mol. The lowest BCUT2D eigenvalue weighted by Gasteiger charge is -2.14. The standard InChI is InChI=1S/C24H21F3N2O5/c1-33-21-10-9-17(24(25,26)27)14-19(21)28-23(32)20-8-4-12-29(20)11-3-6-16-5-2-7-18(13-16)34-15-22(30)31/h2-10,12-14H,11,15H2,1H3,(H,28,32)(H,30,31). The van der Waals surface area contributed by atoms with Gasteiger partial charge < -0.3 is 24.5 Å². The summed E-state index contributed by atoms with van der Waals surface area (Å²) in [6.07, 6.45) is 0.644. The monoisotopic (exact) mass is 474 g/mol. The summed E-state index contributed by atoms with van der Waals surface area (Å²) in [6.45, 7) is -0.151. The van der Waals surface area contributed by atoms with Crippen LogP contribution in [0.15, 0.2) is 66.9 Å². The number of hydrogen-bond donors (Lipinski definition) is 2. The van der Waals surface area contributed by atoms with Crippen LogP contribution in [0.1, 0.15) is 21.6 Å². The lowest BCUT2D eigenvalue weighted by molar-refractivity contribution is -0.139. The number of alkyl halides is 3. The van der Waals surface area contributed by atoms with Crippen LogP contribution in [0, 0.1) is 0 Å². The average Bonchev–Trinajstić information content (AvgIpc) is 3.26. The predicted octanol–water partition coefficient (Wildman–Crippen LogP) is 4.94. The maximum atomic E-state index is 13.1. The number of benzene rings is 2. The molecule has 178 valence electrons. The van der Waals surface area contributed by atoms with E-state index in [1.165, 1.54) is 7.11 Å². The van der Waals surface area contributed by atoms with Gasteiger partial charge in [0.1, 0.15) is 17.2 Å². The Morgan fingerprint density at radius 3 is 2.62 bits per heavy atom. The van der Waals surface area contributed by atoms with E-state index in [0.717, 1.165) is 23.8 Å². The van der Waals surface area contributed by atoms with E-state index in [0.29, 0.717) is 12.3 Å². The van der Waals surface area contributed by atoms with Crippen LogP contribution in [-0.2, 0) is 17.5 Å². The second-order valence-corrected chi connectivity index (χ2v) is 7.07. The molecular formula is C24H21F3N2O5. The van der Waals surface area contributed by atoms with Crippen LogP contribution in [-0.4, -0.2) is 35.3 Å². The quantitative estimate of drug-likeness (QED) is 0.458. The van der Waals surface area contributed by atoms with Gasteiger partial charge in [-0.1, -0.05) is 24.3 Å². The highest BCUT2D eigenvalue weighted by molar-refractivity contribution is 6.04. The molecule has 1 aromatic heterocycles. The molecule has 1 heterocycles. The van der Waals surface area contributed by atoms with Crippen LogP contribution in [0.3, 0.4) is 0 Å². The molecule has 0 aliphatic carbocycles. The molecule has 0 atom stereocenters. The SMILES string of the molecule is COc1ccc(C(F)(F)F)cc1NC(=O)c1cccn1CC=Cc1cccc(OCC(=O)O)c1. The molecule has 0 radical (unpaired) electrons. The summed E-state index contributed by atoms with van der Waals surface area (Å²) in [5.74, 6) is -1.17. The zero-order valence-corrected chi connectivity index (χ0v) is 18.0. The van der Waals surface area contributed by atoms with Crippen molar-refractivity contribution in [3.05, 3.63) is 83.7 Å². The third-order valence-corrected chi connectivity index (χ3v) is 4.67. The molecule has 7 nitrogen and oxygen atoms in total. The largest absolute Gasteiger partial charge is 0.495 e. The molecule has 2 aromatic carbocycles. The number of anilines is 1. The number of rotatable bonds is 9. The maximum absolute atomic E-state index is 13.1. The minimum absolute atomic E-state index is 0.0937. The van der Waals surface area contributed by atoms with Crippen LogP contribution >= 0.6 is 0 Å². The van der Waals surface area contributed by atoms with E-state index < -0.39 is 30.2 Å². The molecule has 34 heavy (non-hydrogen) atoms. The number of ether oxygens (including phenoxy) is 2. The number of nitrogens with zero attached hydrogens (tertiary/aromatic N) is 1. The molecule has 10 heteroatoms. The highest BCUT2D eigenvalue weighted by atomic mass is 19.4. The molecular weight excluding hydrogens is 453 g/mol. The summed E-state index contributed by atoms with van der Waals surface area (Å²) >= 11 is 0. The number of carbonyl (C=O) groups is 2. The Morgan fingerprint density at radius 2 is 1.91 bits per heavy atom. The highest BCUT2D eigenvalue weighted by Crippen LogP contribution is 2.35. The molecule has 0 spiro atoms. The normalized spacial score (nSPS) is 11.4. The van der Waals surface area contributed by atoms with Gasteiger partial charge in [-0.2, -0.15) is 13.2 Å². The van der Waals surface area contributed by atoms with Crippen molar-refractivity contribution in [2.45, 2.75) is 12.7 Å². The van der Waals surface area contributed by atoms with Gasteiger partial charge in [-0.3, -0.25) is 4.79 Å². The maximum Gasteiger partial charge on any atom is 0.416 e. The first-order valence-electron chi connectivity index (χ1n) is 10.0. The van der Waals surface area contributed by atoms with Crippen molar-refractivity contribution in [1.82, 2.24) is 4.57 Å². The molecule has 0 aliphatic rings. The van der Waals surface area contributed by atoms with Gasteiger partial charge in [0.15, 0.2) is 6.61 Å². The molecule has 0 bridgehead atoms.